The number of nitrogens with zero attached hydrogens (tertiary/aromatic N) is 5. The number of alkyl halides is 3. The summed E-state index contributed by atoms with van der Waals surface area (Å²) in [4.78, 5) is 25.3. The molecule has 0 atom stereocenters. The van der Waals surface area contributed by atoms with E-state index in [1.807, 2.05) is 6.92 Å². The summed E-state index contributed by atoms with van der Waals surface area (Å²) in [6.07, 6.45) is -1.85. The van der Waals surface area contributed by atoms with Crippen LogP contribution in [-0.2, 0) is 10.9 Å². The van der Waals surface area contributed by atoms with Crippen molar-refractivity contribution in [1.82, 2.24) is 24.6 Å². The first kappa shape index (κ1) is 22.7. The minimum absolute atomic E-state index is 0.000360. The Hall–Kier alpha value is -4.06. The van der Waals surface area contributed by atoms with Gasteiger partial charge in [-0.3, -0.25) is 10.1 Å². The first-order valence-corrected chi connectivity index (χ1v) is 10.6. The van der Waals surface area contributed by atoms with E-state index < -0.39 is 17.6 Å². The number of ether oxygens (including phenoxy) is 2. The van der Waals surface area contributed by atoms with E-state index in [2.05, 4.69) is 25.4 Å². The Labute approximate surface area is 196 Å². The third-order valence-corrected chi connectivity index (χ3v) is 5.43. The first-order valence-electron chi connectivity index (χ1n) is 10.6. The maximum atomic E-state index is 13.5. The number of halogens is 3. The Bertz CT molecular complexity index is 1400. The predicted octanol–water partition coefficient (Wildman–Crippen LogP) is 3.87. The number of carbonyl (C=O) groups excluding carboxylic acids is 1. The van der Waals surface area contributed by atoms with Crippen molar-refractivity contribution in [2.75, 3.05) is 25.1 Å². The van der Waals surface area contributed by atoms with Gasteiger partial charge in [-0.2, -0.15) is 23.3 Å². The van der Waals surface area contributed by atoms with E-state index in [4.69, 9.17) is 9.47 Å². The van der Waals surface area contributed by atoms with Crippen LogP contribution in [-0.4, -0.2) is 50.3 Å². The number of hydrogen-bond acceptors (Lipinski definition) is 7. The van der Waals surface area contributed by atoms with Crippen LogP contribution in [0.3, 0.4) is 0 Å². The number of aromatic nitrogens is 5. The largest absolute Gasteiger partial charge is 0.477 e. The molecule has 0 saturated carbocycles. The van der Waals surface area contributed by atoms with Gasteiger partial charge in [-0.05, 0) is 18.2 Å². The molecule has 1 amide bonds. The highest BCUT2D eigenvalue weighted by atomic mass is 19.4. The van der Waals surface area contributed by atoms with Crippen LogP contribution in [0.1, 0.15) is 23.0 Å². The molecule has 1 saturated heterocycles. The fourth-order valence-corrected chi connectivity index (χ4v) is 3.56. The van der Waals surface area contributed by atoms with Crippen molar-refractivity contribution in [2.24, 2.45) is 5.41 Å². The second-order valence-electron chi connectivity index (χ2n) is 8.44. The van der Waals surface area contributed by atoms with E-state index >= 15 is 0 Å². The van der Waals surface area contributed by atoms with Gasteiger partial charge in [0.25, 0.3) is 5.91 Å². The van der Waals surface area contributed by atoms with Gasteiger partial charge in [-0.15, -0.1) is 0 Å². The molecule has 4 aromatic rings. The summed E-state index contributed by atoms with van der Waals surface area (Å²) in [6.45, 7) is 3.62. The van der Waals surface area contributed by atoms with Crippen LogP contribution in [0.5, 0.6) is 5.88 Å². The molecule has 35 heavy (non-hydrogen) atoms. The second kappa shape index (κ2) is 8.62. The van der Waals surface area contributed by atoms with Crippen LogP contribution < -0.4 is 10.1 Å². The van der Waals surface area contributed by atoms with E-state index in [9.17, 15) is 18.0 Å². The molecule has 1 aliphatic rings. The fourth-order valence-electron chi connectivity index (χ4n) is 3.56. The van der Waals surface area contributed by atoms with Crippen molar-refractivity contribution in [2.45, 2.75) is 13.1 Å². The monoisotopic (exact) mass is 484 g/mol. The number of benzene rings is 1. The highest BCUT2D eigenvalue weighted by Crippen LogP contribution is 2.36. The molecule has 0 bridgehead atoms. The molecule has 0 radical (unpaired) electrons. The summed E-state index contributed by atoms with van der Waals surface area (Å²) in [7, 11) is 0. The van der Waals surface area contributed by atoms with Crippen molar-refractivity contribution in [3.8, 4) is 17.1 Å². The van der Waals surface area contributed by atoms with Crippen molar-refractivity contribution in [1.29, 1.82) is 0 Å². The van der Waals surface area contributed by atoms with Gasteiger partial charge >= 0.3 is 6.18 Å². The highest BCUT2D eigenvalue weighted by Gasteiger charge is 2.35. The van der Waals surface area contributed by atoms with Gasteiger partial charge in [0.05, 0.1) is 37.3 Å². The zero-order valence-electron chi connectivity index (χ0n) is 18.4. The summed E-state index contributed by atoms with van der Waals surface area (Å²) < 4.78 is 52.5. The Morgan fingerprint density at radius 2 is 1.97 bits per heavy atom. The molecule has 12 heteroatoms. The Kier molecular flexibility index (Phi) is 5.59. The summed E-state index contributed by atoms with van der Waals surface area (Å²) in [5.74, 6) is -0.357. The average Bonchev–Trinajstić information content (AvgIpc) is 3.25. The number of amides is 1. The number of hydrogen-bond donors (Lipinski definition) is 1. The Morgan fingerprint density at radius 3 is 2.71 bits per heavy atom. The lowest BCUT2D eigenvalue weighted by Gasteiger charge is -2.37. The molecule has 4 heterocycles. The zero-order chi connectivity index (χ0) is 24.6. The third kappa shape index (κ3) is 4.64. The Morgan fingerprint density at radius 1 is 1.17 bits per heavy atom. The first-order chi connectivity index (χ1) is 16.7. The maximum absolute atomic E-state index is 13.5. The number of anilines is 1. The van der Waals surface area contributed by atoms with E-state index in [-0.39, 0.29) is 39.8 Å². The smallest absolute Gasteiger partial charge is 0.417 e. The van der Waals surface area contributed by atoms with Crippen molar-refractivity contribution in [3.63, 3.8) is 0 Å². The summed E-state index contributed by atoms with van der Waals surface area (Å²) in [5, 5.41) is 6.80. The molecular formula is C23H19F3N6O3. The van der Waals surface area contributed by atoms with Gasteiger partial charge in [0, 0.05) is 23.2 Å². The Balaban J connectivity index is 1.39. The molecule has 5 rings (SSSR count). The molecule has 9 nitrogen and oxygen atoms in total. The number of imidazole rings is 1. The lowest BCUT2D eigenvalue weighted by molar-refractivity contribution is -0.137. The van der Waals surface area contributed by atoms with Gasteiger partial charge < -0.3 is 9.47 Å². The van der Waals surface area contributed by atoms with Gasteiger partial charge in [0.2, 0.25) is 11.8 Å². The molecule has 0 unspecified atom stereocenters. The summed E-state index contributed by atoms with van der Waals surface area (Å²) in [6, 6.07) is 9.57. The van der Waals surface area contributed by atoms with Crippen LogP contribution in [0.2, 0.25) is 0 Å². The lowest BCUT2D eigenvalue weighted by Crippen LogP contribution is -2.44. The van der Waals surface area contributed by atoms with Crippen LogP contribution in [0.4, 0.5) is 19.1 Å². The quantitative estimate of drug-likeness (QED) is 0.443. The second-order valence-corrected chi connectivity index (χ2v) is 8.44. The van der Waals surface area contributed by atoms with Crippen molar-refractivity contribution < 1.29 is 27.4 Å². The average molecular weight is 484 g/mol. The molecule has 3 aromatic heterocycles. The van der Waals surface area contributed by atoms with Crippen LogP contribution in [0, 0.1) is 5.41 Å². The van der Waals surface area contributed by atoms with Crippen LogP contribution >= 0.6 is 0 Å². The number of fused-ring (bicyclic) bond motifs is 1. The standard InChI is InChI=1S/C23H19F3N6O3/c1-22(11-34-12-22)13-35-19-8-9-27-21(29-19)30-20(33)17-10-28-18-7-6-16(31-32(17)18)14-4-2-3-5-15(14)23(24,25)26/h2-10H,11-13H2,1H3,(H,27,29,30,33). The number of nitrogens with one attached hydrogen (secondary N) is 1. The van der Waals surface area contributed by atoms with Gasteiger partial charge in [-0.25, -0.2) is 14.5 Å². The zero-order valence-corrected chi connectivity index (χ0v) is 18.4. The lowest BCUT2D eigenvalue weighted by atomic mass is 9.90. The number of carbonyl (C=O) groups is 1. The maximum Gasteiger partial charge on any atom is 0.417 e. The van der Waals surface area contributed by atoms with Gasteiger partial charge in [-0.1, -0.05) is 25.1 Å². The van der Waals surface area contributed by atoms with Crippen molar-refractivity contribution >= 4 is 17.5 Å². The normalized spacial score (nSPS) is 15.0. The third-order valence-electron chi connectivity index (χ3n) is 5.43. The molecular weight excluding hydrogens is 465 g/mol. The molecule has 0 spiro atoms. The molecule has 1 fully saturated rings. The molecule has 1 N–H and O–H groups in total. The molecule has 0 aliphatic carbocycles. The van der Waals surface area contributed by atoms with E-state index in [1.165, 1.54) is 47.2 Å². The fraction of sp³-hybridized carbons (Fsp3) is 0.261. The molecule has 1 aromatic carbocycles. The minimum atomic E-state index is -4.56. The van der Waals surface area contributed by atoms with Crippen molar-refractivity contribution in [3.05, 3.63) is 66.1 Å². The van der Waals surface area contributed by atoms with Crippen LogP contribution in [0.25, 0.3) is 16.9 Å². The molecule has 1 aliphatic heterocycles. The summed E-state index contributed by atoms with van der Waals surface area (Å²) in [5.41, 5.74) is -0.694. The van der Waals surface area contributed by atoms with E-state index in [0.717, 1.165) is 6.07 Å². The number of rotatable bonds is 6. The highest BCUT2D eigenvalue weighted by molar-refractivity contribution is 6.02. The van der Waals surface area contributed by atoms with Crippen LogP contribution in [0.15, 0.2) is 54.9 Å². The van der Waals surface area contributed by atoms with E-state index in [1.54, 1.807) is 6.07 Å². The van der Waals surface area contributed by atoms with E-state index in [0.29, 0.717) is 19.8 Å². The SMILES string of the molecule is CC1(COc2ccnc(NC(=O)c3cnc4ccc(-c5ccccc5C(F)(F)F)nn34)n2)COC1. The minimum Gasteiger partial charge on any atom is -0.477 e. The topological polar surface area (TPSA) is 104 Å². The van der Waals surface area contributed by atoms with Gasteiger partial charge in [0.15, 0.2) is 11.3 Å². The van der Waals surface area contributed by atoms with Gasteiger partial charge in [0.1, 0.15) is 0 Å². The predicted molar refractivity (Wildman–Crippen MR) is 118 cm³/mol. The molecule has 180 valence electrons. The summed E-state index contributed by atoms with van der Waals surface area (Å²) >= 11 is 0.